The lowest BCUT2D eigenvalue weighted by atomic mass is 9.99. The van der Waals surface area contributed by atoms with E-state index in [1.165, 1.54) is 0 Å². The number of aromatic nitrogens is 2. The number of hydrogen-bond acceptors (Lipinski definition) is 5. The van der Waals surface area contributed by atoms with Crippen molar-refractivity contribution < 1.29 is 9.53 Å². The number of carbonyl (C=O) groups excluding carboxylic acids is 1. The van der Waals surface area contributed by atoms with Crippen molar-refractivity contribution in [3.05, 3.63) is 57.6 Å². The molecule has 0 aliphatic carbocycles. The summed E-state index contributed by atoms with van der Waals surface area (Å²) in [5, 5.41) is 6.19. The molecule has 0 aromatic carbocycles. The Morgan fingerprint density at radius 3 is 3.04 bits per heavy atom. The molecule has 1 aliphatic heterocycles. The number of amides is 1. The predicted octanol–water partition coefficient (Wildman–Crippen LogP) is 1.49. The first-order chi connectivity index (χ1) is 13.1. The van der Waals surface area contributed by atoms with E-state index in [9.17, 15) is 9.59 Å². The van der Waals surface area contributed by atoms with Crippen molar-refractivity contribution in [1.29, 1.82) is 0 Å². The van der Waals surface area contributed by atoms with Crippen molar-refractivity contribution in [3.63, 3.8) is 0 Å². The van der Waals surface area contributed by atoms with Gasteiger partial charge in [0.05, 0.1) is 7.11 Å². The summed E-state index contributed by atoms with van der Waals surface area (Å²) in [5.74, 6) is 0.546. The fourth-order valence-corrected chi connectivity index (χ4v) is 3.39. The fourth-order valence-electron chi connectivity index (χ4n) is 3.39. The van der Waals surface area contributed by atoms with Crippen molar-refractivity contribution in [2.24, 2.45) is 5.92 Å². The number of nitrogens with zero attached hydrogens (tertiary/aromatic N) is 2. The quantitative estimate of drug-likeness (QED) is 0.805. The Labute approximate surface area is 158 Å². The maximum Gasteiger partial charge on any atom is 0.263 e. The van der Waals surface area contributed by atoms with Gasteiger partial charge in [-0.3, -0.25) is 9.59 Å². The summed E-state index contributed by atoms with van der Waals surface area (Å²) in [4.78, 5) is 29.6. The zero-order chi connectivity index (χ0) is 19.2. The lowest BCUT2D eigenvalue weighted by Crippen LogP contribution is -2.37. The second-order valence-electron chi connectivity index (χ2n) is 6.93. The predicted molar refractivity (Wildman–Crippen MR) is 103 cm³/mol. The maximum atomic E-state index is 12.9. The van der Waals surface area contributed by atoms with Gasteiger partial charge in [0.2, 0.25) is 5.88 Å². The number of ether oxygens (including phenoxy) is 1. The monoisotopic (exact) mass is 370 g/mol. The van der Waals surface area contributed by atoms with Gasteiger partial charge >= 0.3 is 0 Å². The number of rotatable bonds is 6. The van der Waals surface area contributed by atoms with E-state index >= 15 is 0 Å². The number of pyridine rings is 2. The molecule has 0 radical (unpaired) electrons. The third-order valence-corrected chi connectivity index (χ3v) is 4.92. The number of nitrogens with one attached hydrogen (secondary N) is 2. The molecule has 0 saturated carbocycles. The Hall–Kier alpha value is -2.67. The lowest BCUT2D eigenvalue weighted by molar-refractivity contribution is 0.0948. The van der Waals surface area contributed by atoms with Gasteiger partial charge in [0.15, 0.2) is 0 Å². The molecule has 0 spiro atoms. The van der Waals surface area contributed by atoms with Gasteiger partial charge in [0.1, 0.15) is 5.56 Å². The number of carbonyl (C=O) groups is 1. The van der Waals surface area contributed by atoms with Crippen LogP contribution in [0, 0.1) is 12.8 Å². The molecule has 1 fully saturated rings. The van der Waals surface area contributed by atoms with Crippen LogP contribution in [-0.4, -0.2) is 35.7 Å². The van der Waals surface area contributed by atoms with E-state index in [0.29, 0.717) is 30.5 Å². The third-order valence-electron chi connectivity index (χ3n) is 4.92. The fraction of sp³-hybridized carbons (Fsp3) is 0.450. The number of methoxy groups -OCH3 is 1. The molecule has 2 aromatic rings. The highest BCUT2D eigenvalue weighted by molar-refractivity contribution is 5.95. The van der Waals surface area contributed by atoms with E-state index in [1.807, 2.05) is 6.07 Å². The highest BCUT2D eigenvalue weighted by Gasteiger charge is 2.19. The molecule has 1 atom stereocenters. The van der Waals surface area contributed by atoms with Gasteiger partial charge in [-0.15, -0.1) is 0 Å². The minimum Gasteiger partial charge on any atom is -0.481 e. The highest BCUT2D eigenvalue weighted by atomic mass is 16.5. The summed E-state index contributed by atoms with van der Waals surface area (Å²) in [6.07, 6.45) is 5.63. The average Bonchev–Trinajstić information content (AvgIpc) is 2.69. The standard InChI is InChI=1S/C20H26N4O3/c1-14-6-9-24(13-16-4-3-7-21-11-16)20(26)18(14)19(25)23-12-15-5-8-22-17(10-15)27-2/h5-6,8-10,16,21H,3-4,7,11-13H2,1-2H3,(H,23,25). The molecule has 27 heavy (non-hydrogen) atoms. The molecule has 2 aromatic heterocycles. The topological polar surface area (TPSA) is 85.2 Å². The molecule has 144 valence electrons. The van der Waals surface area contributed by atoms with Crippen LogP contribution in [0.3, 0.4) is 0 Å². The largest absolute Gasteiger partial charge is 0.481 e. The van der Waals surface area contributed by atoms with Crippen LogP contribution in [0.2, 0.25) is 0 Å². The molecule has 1 saturated heterocycles. The van der Waals surface area contributed by atoms with Crippen molar-refractivity contribution >= 4 is 5.91 Å². The Kier molecular flexibility index (Phi) is 6.24. The smallest absolute Gasteiger partial charge is 0.263 e. The summed E-state index contributed by atoms with van der Waals surface area (Å²) in [6.45, 7) is 4.67. The van der Waals surface area contributed by atoms with Gasteiger partial charge in [0.25, 0.3) is 11.5 Å². The van der Waals surface area contributed by atoms with Gasteiger partial charge < -0.3 is 19.9 Å². The summed E-state index contributed by atoms with van der Waals surface area (Å²) >= 11 is 0. The van der Waals surface area contributed by atoms with E-state index in [4.69, 9.17) is 4.74 Å². The molecule has 1 amide bonds. The van der Waals surface area contributed by atoms with Gasteiger partial charge in [-0.25, -0.2) is 4.98 Å². The lowest BCUT2D eigenvalue weighted by Gasteiger charge is -2.23. The summed E-state index contributed by atoms with van der Waals surface area (Å²) < 4.78 is 6.75. The minimum atomic E-state index is -0.357. The van der Waals surface area contributed by atoms with Crippen LogP contribution in [0.4, 0.5) is 0 Å². The molecule has 1 unspecified atom stereocenters. The van der Waals surface area contributed by atoms with Gasteiger partial charge in [-0.05, 0) is 62.0 Å². The van der Waals surface area contributed by atoms with Crippen LogP contribution in [-0.2, 0) is 13.1 Å². The molecule has 7 nitrogen and oxygen atoms in total. The van der Waals surface area contributed by atoms with Crippen molar-refractivity contribution in [2.45, 2.75) is 32.9 Å². The molecule has 3 heterocycles. The number of piperidine rings is 1. The van der Waals surface area contributed by atoms with E-state index in [0.717, 1.165) is 31.5 Å². The van der Waals surface area contributed by atoms with E-state index in [1.54, 1.807) is 43.1 Å². The first kappa shape index (κ1) is 19.1. The molecule has 1 aliphatic rings. The Bertz CT molecular complexity index is 857. The minimum absolute atomic E-state index is 0.210. The van der Waals surface area contributed by atoms with Crippen LogP contribution in [0.25, 0.3) is 0 Å². The first-order valence-electron chi connectivity index (χ1n) is 9.26. The SMILES string of the molecule is COc1cc(CNC(=O)c2c(C)ccn(CC3CCCNC3)c2=O)ccn1. The molecule has 0 bridgehead atoms. The van der Waals surface area contributed by atoms with E-state index in [2.05, 4.69) is 15.6 Å². The Morgan fingerprint density at radius 1 is 1.44 bits per heavy atom. The Balaban J connectivity index is 1.73. The van der Waals surface area contributed by atoms with Gasteiger partial charge in [-0.1, -0.05) is 0 Å². The first-order valence-corrected chi connectivity index (χ1v) is 9.26. The number of aryl methyl sites for hydroxylation is 1. The van der Waals surface area contributed by atoms with Crippen LogP contribution >= 0.6 is 0 Å². The molecular formula is C20H26N4O3. The second kappa shape index (κ2) is 8.81. The average molecular weight is 370 g/mol. The van der Waals surface area contributed by atoms with Gasteiger partial charge in [-0.2, -0.15) is 0 Å². The van der Waals surface area contributed by atoms with Crippen LogP contribution in [0.15, 0.2) is 35.4 Å². The maximum absolute atomic E-state index is 12.9. The van der Waals surface area contributed by atoms with Crippen molar-refractivity contribution in [2.75, 3.05) is 20.2 Å². The molecule has 7 heteroatoms. The van der Waals surface area contributed by atoms with Crippen LogP contribution in [0.5, 0.6) is 5.88 Å². The number of hydrogen-bond donors (Lipinski definition) is 2. The summed E-state index contributed by atoms with van der Waals surface area (Å²) in [6, 6.07) is 5.39. The molecule has 2 N–H and O–H groups in total. The third kappa shape index (κ3) is 4.74. The highest BCUT2D eigenvalue weighted by Crippen LogP contribution is 2.13. The summed E-state index contributed by atoms with van der Waals surface area (Å²) in [7, 11) is 1.54. The van der Waals surface area contributed by atoms with Crippen LogP contribution in [0.1, 0.15) is 34.3 Å². The van der Waals surface area contributed by atoms with Crippen LogP contribution < -0.4 is 20.9 Å². The molecule has 3 rings (SSSR count). The zero-order valence-corrected chi connectivity index (χ0v) is 15.8. The molecular weight excluding hydrogens is 344 g/mol. The second-order valence-corrected chi connectivity index (χ2v) is 6.93. The van der Waals surface area contributed by atoms with Crippen molar-refractivity contribution in [3.8, 4) is 5.88 Å². The van der Waals surface area contributed by atoms with E-state index in [-0.39, 0.29) is 17.0 Å². The van der Waals surface area contributed by atoms with Crippen molar-refractivity contribution in [1.82, 2.24) is 20.2 Å². The Morgan fingerprint density at radius 2 is 2.30 bits per heavy atom. The van der Waals surface area contributed by atoms with Gasteiger partial charge in [0, 0.05) is 31.5 Å². The van der Waals surface area contributed by atoms with E-state index < -0.39 is 0 Å². The normalized spacial score (nSPS) is 16.7. The summed E-state index contributed by atoms with van der Waals surface area (Å²) in [5.41, 5.74) is 1.52. The zero-order valence-electron chi connectivity index (χ0n) is 15.8.